The molecule has 0 aliphatic rings. The van der Waals surface area contributed by atoms with Gasteiger partial charge in [-0.2, -0.15) is 0 Å². The van der Waals surface area contributed by atoms with E-state index in [2.05, 4.69) is 52.2 Å². The first-order chi connectivity index (χ1) is 5.56. The fourth-order valence-electron chi connectivity index (χ4n) is 0.830. The molecule has 1 nitrogen and oxygen atoms in total. The van der Waals surface area contributed by atoms with Crippen molar-refractivity contribution in [3.05, 3.63) is 23.4 Å². The van der Waals surface area contributed by atoms with Crippen molar-refractivity contribution < 1.29 is 0 Å². The zero-order valence-electron chi connectivity index (χ0n) is 8.94. The summed E-state index contributed by atoms with van der Waals surface area (Å²) >= 11 is 0. The molecule has 1 N–H and O–H groups in total. The van der Waals surface area contributed by atoms with Gasteiger partial charge in [0.1, 0.15) is 0 Å². The van der Waals surface area contributed by atoms with E-state index in [1.54, 1.807) is 0 Å². The van der Waals surface area contributed by atoms with Crippen LogP contribution in [0.1, 0.15) is 41.0 Å². The quantitative estimate of drug-likeness (QED) is 0.634. The maximum Gasteiger partial charge on any atom is 0.0199 e. The van der Waals surface area contributed by atoms with Gasteiger partial charge in [-0.3, -0.25) is 0 Å². The summed E-state index contributed by atoms with van der Waals surface area (Å²) in [5, 5.41) is 3.27. The van der Waals surface area contributed by atoms with Crippen molar-refractivity contribution >= 4 is 0 Å². The van der Waals surface area contributed by atoms with Gasteiger partial charge in [-0.25, -0.2) is 0 Å². The van der Waals surface area contributed by atoms with Crippen LogP contribution in [-0.2, 0) is 0 Å². The number of allylic oxidation sites excluding steroid dienone is 3. The third-order valence-electron chi connectivity index (χ3n) is 1.68. The molecule has 12 heavy (non-hydrogen) atoms. The van der Waals surface area contributed by atoms with Gasteiger partial charge in [-0.05, 0) is 45.9 Å². The maximum absolute atomic E-state index is 3.27. The molecular formula is C11H21N. The molecule has 0 aliphatic heterocycles. The van der Waals surface area contributed by atoms with Gasteiger partial charge in [-0.1, -0.05) is 18.6 Å². The molecule has 70 valence electrons. The molecule has 0 aromatic carbocycles. The van der Waals surface area contributed by atoms with E-state index >= 15 is 0 Å². The van der Waals surface area contributed by atoms with E-state index in [1.165, 1.54) is 11.1 Å². The minimum atomic E-state index is 0.523. The van der Waals surface area contributed by atoms with Crippen LogP contribution in [0.3, 0.4) is 0 Å². The maximum atomic E-state index is 3.27. The van der Waals surface area contributed by atoms with Gasteiger partial charge in [0, 0.05) is 6.04 Å². The standard InChI is InChI=1S/C11H21N/c1-6-10(4)7-11(5)8-12-9(2)3/h7-9,12H,6H2,1-5H3/b10-7?,11-8-. The first kappa shape index (κ1) is 11.3. The van der Waals surface area contributed by atoms with Crippen molar-refractivity contribution in [3.63, 3.8) is 0 Å². The lowest BCUT2D eigenvalue weighted by molar-refractivity contribution is 0.699. The SMILES string of the molecule is CCC(C)=C/C(C)=C\NC(C)C. The Morgan fingerprint density at radius 1 is 1.33 bits per heavy atom. The molecule has 0 saturated carbocycles. The Hall–Kier alpha value is -0.720. The first-order valence-electron chi connectivity index (χ1n) is 4.66. The Bertz CT molecular complexity index is 175. The van der Waals surface area contributed by atoms with Gasteiger partial charge in [0.15, 0.2) is 0 Å². The molecule has 0 aliphatic carbocycles. The highest BCUT2D eigenvalue weighted by atomic mass is 14.9. The Morgan fingerprint density at radius 2 is 1.92 bits per heavy atom. The second-order valence-electron chi connectivity index (χ2n) is 3.55. The highest BCUT2D eigenvalue weighted by Gasteiger charge is 1.88. The fourth-order valence-corrected chi connectivity index (χ4v) is 0.830. The molecule has 0 aromatic heterocycles. The molecule has 0 spiro atoms. The summed E-state index contributed by atoms with van der Waals surface area (Å²) < 4.78 is 0. The summed E-state index contributed by atoms with van der Waals surface area (Å²) in [5.74, 6) is 0. The monoisotopic (exact) mass is 167 g/mol. The number of hydrogen-bond acceptors (Lipinski definition) is 1. The third-order valence-corrected chi connectivity index (χ3v) is 1.68. The van der Waals surface area contributed by atoms with E-state index in [0.29, 0.717) is 6.04 Å². The number of hydrogen-bond donors (Lipinski definition) is 1. The van der Waals surface area contributed by atoms with Crippen LogP contribution in [0.15, 0.2) is 23.4 Å². The van der Waals surface area contributed by atoms with Crippen molar-refractivity contribution in [1.29, 1.82) is 0 Å². The van der Waals surface area contributed by atoms with Crippen molar-refractivity contribution in [2.45, 2.75) is 47.1 Å². The second kappa shape index (κ2) is 5.87. The highest BCUT2D eigenvalue weighted by molar-refractivity contribution is 5.19. The molecule has 0 saturated heterocycles. The Labute approximate surface area is 76.6 Å². The predicted octanol–water partition coefficient (Wildman–Crippen LogP) is 3.24. The Morgan fingerprint density at radius 3 is 2.33 bits per heavy atom. The zero-order valence-corrected chi connectivity index (χ0v) is 8.94. The molecule has 0 fully saturated rings. The predicted molar refractivity (Wildman–Crippen MR) is 56.1 cm³/mol. The van der Waals surface area contributed by atoms with Crippen LogP contribution < -0.4 is 5.32 Å². The smallest absolute Gasteiger partial charge is 0.0199 e. The molecule has 0 aromatic rings. The third kappa shape index (κ3) is 6.02. The molecule has 1 heteroatoms. The van der Waals surface area contributed by atoms with Gasteiger partial charge >= 0.3 is 0 Å². The lowest BCUT2D eigenvalue weighted by Gasteiger charge is -2.04. The van der Waals surface area contributed by atoms with Crippen LogP contribution >= 0.6 is 0 Å². The van der Waals surface area contributed by atoms with E-state index in [0.717, 1.165) is 6.42 Å². The number of rotatable bonds is 4. The summed E-state index contributed by atoms with van der Waals surface area (Å²) in [6.07, 6.45) is 5.42. The van der Waals surface area contributed by atoms with Crippen molar-refractivity contribution in [2.24, 2.45) is 0 Å². The highest BCUT2D eigenvalue weighted by Crippen LogP contribution is 2.03. The summed E-state index contributed by atoms with van der Waals surface area (Å²) in [7, 11) is 0. The van der Waals surface area contributed by atoms with Crippen molar-refractivity contribution in [3.8, 4) is 0 Å². The molecule has 0 heterocycles. The topological polar surface area (TPSA) is 12.0 Å². The first-order valence-corrected chi connectivity index (χ1v) is 4.66. The summed E-state index contributed by atoms with van der Waals surface area (Å²) in [6, 6.07) is 0.523. The molecule has 0 rings (SSSR count). The minimum absolute atomic E-state index is 0.523. The number of nitrogens with one attached hydrogen (secondary N) is 1. The molecule has 0 bridgehead atoms. The van der Waals surface area contributed by atoms with Crippen LogP contribution in [0.4, 0.5) is 0 Å². The fraction of sp³-hybridized carbons (Fsp3) is 0.636. The lowest BCUT2D eigenvalue weighted by atomic mass is 10.1. The van der Waals surface area contributed by atoms with Crippen LogP contribution in [0.2, 0.25) is 0 Å². The van der Waals surface area contributed by atoms with Crippen LogP contribution in [0, 0.1) is 0 Å². The normalized spacial score (nSPS) is 13.8. The molecule has 0 radical (unpaired) electrons. The van der Waals surface area contributed by atoms with Gasteiger partial charge in [0.25, 0.3) is 0 Å². The Balaban J connectivity index is 4.01. The van der Waals surface area contributed by atoms with E-state index in [9.17, 15) is 0 Å². The average Bonchev–Trinajstić information content (AvgIpc) is 2.00. The molecule has 0 amide bonds. The average molecular weight is 167 g/mol. The summed E-state index contributed by atoms with van der Waals surface area (Å²) in [4.78, 5) is 0. The molecule has 0 unspecified atom stereocenters. The Kier molecular flexibility index (Phi) is 5.52. The molecular weight excluding hydrogens is 146 g/mol. The zero-order chi connectivity index (χ0) is 9.56. The van der Waals surface area contributed by atoms with E-state index in [1.807, 2.05) is 0 Å². The lowest BCUT2D eigenvalue weighted by Crippen LogP contribution is -2.15. The van der Waals surface area contributed by atoms with Crippen LogP contribution in [-0.4, -0.2) is 6.04 Å². The van der Waals surface area contributed by atoms with Crippen molar-refractivity contribution in [2.75, 3.05) is 0 Å². The van der Waals surface area contributed by atoms with E-state index < -0.39 is 0 Å². The van der Waals surface area contributed by atoms with Gasteiger partial charge in [0.2, 0.25) is 0 Å². The van der Waals surface area contributed by atoms with Gasteiger partial charge in [0.05, 0.1) is 0 Å². The largest absolute Gasteiger partial charge is 0.389 e. The van der Waals surface area contributed by atoms with Gasteiger partial charge in [-0.15, -0.1) is 0 Å². The van der Waals surface area contributed by atoms with Crippen LogP contribution in [0.5, 0.6) is 0 Å². The van der Waals surface area contributed by atoms with Crippen molar-refractivity contribution in [1.82, 2.24) is 5.32 Å². The van der Waals surface area contributed by atoms with E-state index in [4.69, 9.17) is 0 Å². The summed E-state index contributed by atoms with van der Waals surface area (Å²) in [5.41, 5.74) is 2.72. The van der Waals surface area contributed by atoms with Crippen LogP contribution in [0.25, 0.3) is 0 Å². The summed E-state index contributed by atoms with van der Waals surface area (Å²) in [6.45, 7) is 10.7. The van der Waals surface area contributed by atoms with E-state index in [-0.39, 0.29) is 0 Å². The molecule has 0 atom stereocenters. The van der Waals surface area contributed by atoms with Gasteiger partial charge < -0.3 is 5.32 Å². The second-order valence-corrected chi connectivity index (χ2v) is 3.55. The minimum Gasteiger partial charge on any atom is -0.389 e.